The van der Waals surface area contributed by atoms with Gasteiger partial charge in [0.2, 0.25) is 0 Å². The second-order valence-electron chi connectivity index (χ2n) is 10.2. The highest BCUT2D eigenvalue weighted by Gasteiger charge is 2.31. The Morgan fingerprint density at radius 1 is 1.18 bits per heavy atom. The second-order valence-corrected chi connectivity index (χ2v) is 11.4. The number of halogens is 4. The minimum absolute atomic E-state index is 0.0574. The Kier molecular flexibility index (Phi) is 10.3. The molecule has 0 amide bonds. The fraction of sp³-hybridized carbons (Fsp3) is 0.467. The van der Waals surface area contributed by atoms with Crippen molar-refractivity contribution in [3.8, 4) is 5.75 Å². The summed E-state index contributed by atoms with van der Waals surface area (Å²) in [5.41, 5.74) is 0.628. The molecule has 1 saturated heterocycles. The van der Waals surface area contributed by atoms with Crippen LogP contribution in [0.5, 0.6) is 5.75 Å². The van der Waals surface area contributed by atoms with Crippen molar-refractivity contribution in [3.05, 3.63) is 65.9 Å². The predicted octanol–water partition coefficient (Wildman–Crippen LogP) is 7.65. The molecular formula is C30H34F4N2O3S. The number of hydrogen-bond acceptors (Lipinski definition) is 5. The largest absolute Gasteiger partial charge is 0.497 e. The Morgan fingerprint density at radius 3 is 2.75 bits per heavy atom. The summed E-state index contributed by atoms with van der Waals surface area (Å²) in [6.07, 6.45) is -1.56. The molecule has 0 radical (unpaired) electrons. The van der Waals surface area contributed by atoms with E-state index >= 15 is 4.39 Å². The van der Waals surface area contributed by atoms with E-state index in [0.29, 0.717) is 59.8 Å². The van der Waals surface area contributed by atoms with Gasteiger partial charge in [0.05, 0.1) is 18.2 Å². The first kappa shape index (κ1) is 30.1. The number of thioether (sulfide) groups is 1. The normalized spacial score (nSPS) is 19.0. The molecule has 0 saturated carbocycles. The lowest BCUT2D eigenvalue weighted by atomic mass is 9.79. The van der Waals surface area contributed by atoms with E-state index in [2.05, 4.69) is 9.88 Å². The standard InChI is InChI=1S/C30H34F4N2O3S/c1-39-23-7-9-28-26(18-23)25(11-13-35-28)27(31)8-5-20-12-14-36(19-21(20)6-10-29(37)38)15-16-40-24-4-2-3-22(17-24)30(32,33)34/h2-4,7,9,11,13,17-18,20-21,27H,5-6,8,10,12,14-16,19H2,1H3,(H,37,38)/t20?,21?,27-/m0/s1. The molecule has 216 valence electrons. The summed E-state index contributed by atoms with van der Waals surface area (Å²) in [7, 11) is 1.57. The van der Waals surface area contributed by atoms with Crippen molar-refractivity contribution in [2.24, 2.45) is 11.8 Å². The van der Waals surface area contributed by atoms with E-state index in [4.69, 9.17) is 4.74 Å². The topological polar surface area (TPSA) is 62.7 Å². The van der Waals surface area contributed by atoms with Crippen molar-refractivity contribution in [2.45, 2.75) is 49.3 Å². The summed E-state index contributed by atoms with van der Waals surface area (Å²) in [4.78, 5) is 18.5. The average molecular weight is 579 g/mol. The van der Waals surface area contributed by atoms with Crippen LogP contribution in [-0.2, 0) is 11.0 Å². The fourth-order valence-corrected chi connectivity index (χ4v) is 6.46. The number of carboxylic acids is 1. The number of alkyl halides is 4. The lowest BCUT2D eigenvalue weighted by Crippen LogP contribution is -2.41. The number of pyridine rings is 1. The molecule has 2 aromatic carbocycles. The van der Waals surface area contributed by atoms with Gasteiger partial charge in [0.25, 0.3) is 0 Å². The third-order valence-corrected chi connectivity index (χ3v) is 8.63. The molecule has 40 heavy (non-hydrogen) atoms. The summed E-state index contributed by atoms with van der Waals surface area (Å²) in [5.74, 6) is 0.735. The van der Waals surface area contributed by atoms with Gasteiger partial charge in [-0.1, -0.05) is 6.07 Å². The number of aliphatic carboxylic acids is 1. The highest BCUT2D eigenvalue weighted by atomic mass is 32.2. The molecule has 4 rings (SSSR count). The molecule has 1 aliphatic rings. The summed E-state index contributed by atoms with van der Waals surface area (Å²) in [6.45, 7) is 2.19. The number of hydrogen-bond donors (Lipinski definition) is 1. The van der Waals surface area contributed by atoms with Gasteiger partial charge in [0.1, 0.15) is 11.9 Å². The number of piperidine rings is 1. The van der Waals surface area contributed by atoms with Gasteiger partial charge in [0, 0.05) is 41.7 Å². The van der Waals surface area contributed by atoms with Crippen molar-refractivity contribution in [1.29, 1.82) is 0 Å². The smallest absolute Gasteiger partial charge is 0.416 e. The third-order valence-electron chi connectivity index (χ3n) is 7.65. The first-order valence-corrected chi connectivity index (χ1v) is 14.4. The molecule has 1 aliphatic heterocycles. The number of carboxylic acid groups (broad SMARTS) is 1. The summed E-state index contributed by atoms with van der Waals surface area (Å²) < 4.78 is 59.9. The number of benzene rings is 2. The molecule has 1 N–H and O–H groups in total. The highest BCUT2D eigenvalue weighted by Crippen LogP contribution is 2.37. The zero-order chi connectivity index (χ0) is 28.7. The number of nitrogens with zero attached hydrogens (tertiary/aromatic N) is 2. The first-order valence-electron chi connectivity index (χ1n) is 13.4. The maximum atomic E-state index is 15.6. The molecular weight excluding hydrogens is 544 g/mol. The predicted molar refractivity (Wildman–Crippen MR) is 148 cm³/mol. The van der Waals surface area contributed by atoms with E-state index in [0.717, 1.165) is 24.4 Å². The van der Waals surface area contributed by atoms with Gasteiger partial charge in [0.15, 0.2) is 0 Å². The van der Waals surface area contributed by atoms with Crippen LogP contribution < -0.4 is 4.74 Å². The van der Waals surface area contributed by atoms with E-state index in [-0.39, 0.29) is 18.3 Å². The van der Waals surface area contributed by atoms with Gasteiger partial charge in [-0.05, 0) is 92.1 Å². The molecule has 0 aliphatic carbocycles. The summed E-state index contributed by atoms with van der Waals surface area (Å²) in [6, 6.07) is 12.5. The molecule has 0 spiro atoms. The number of likely N-dealkylation sites (tertiary alicyclic amines) is 1. The Hall–Kier alpha value is -2.85. The van der Waals surface area contributed by atoms with E-state index in [1.165, 1.54) is 23.9 Å². The first-order chi connectivity index (χ1) is 19.1. The molecule has 2 heterocycles. The maximum absolute atomic E-state index is 15.6. The van der Waals surface area contributed by atoms with Crippen LogP contribution in [0.15, 0.2) is 59.6 Å². The minimum Gasteiger partial charge on any atom is -0.497 e. The van der Waals surface area contributed by atoms with Gasteiger partial charge >= 0.3 is 12.1 Å². The van der Waals surface area contributed by atoms with Crippen LogP contribution in [0.1, 0.15) is 49.4 Å². The minimum atomic E-state index is -4.37. The molecule has 3 atom stereocenters. The van der Waals surface area contributed by atoms with Crippen LogP contribution in [0.2, 0.25) is 0 Å². The number of methoxy groups -OCH3 is 1. The molecule has 3 aromatic rings. The second kappa shape index (κ2) is 13.7. The quantitative estimate of drug-likeness (QED) is 0.176. The Labute approximate surface area is 235 Å². The van der Waals surface area contributed by atoms with Gasteiger partial charge in [-0.3, -0.25) is 9.78 Å². The summed E-state index contributed by atoms with van der Waals surface area (Å²) >= 11 is 1.38. The molecule has 1 fully saturated rings. The maximum Gasteiger partial charge on any atom is 0.416 e. The van der Waals surface area contributed by atoms with Crippen LogP contribution in [0.4, 0.5) is 17.6 Å². The van der Waals surface area contributed by atoms with Crippen LogP contribution in [0.25, 0.3) is 10.9 Å². The average Bonchev–Trinajstić information content (AvgIpc) is 2.94. The zero-order valence-electron chi connectivity index (χ0n) is 22.4. The number of aromatic nitrogens is 1. The number of fused-ring (bicyclic) bond motifs is 1. The van der Waals surface area contributed by atoms with Gasteiger partial charge in [-0.2, -0.15) is 13.2 Å². The van der Waals surface area contributed by atoms with E-state index in [1.54, 1.807) is 37.6 Å². The molecule has 10 heteroatoms. The Morgan fingerprint density at radius 2 is 2.00 bits per heavy atom. The van der Waals surface area contributed by atoms with Gasteiger partial charge in [-0.25, -0.2) is 4.39 Å². The van der Waals surface area contributed by atoms with Crippen LogP contribution >= 0.6 is 11.8 Å². The molecule has 0 bridgehead atoms. The number of carbonyl (C=O) groups is 1. The number of ether oxygens (including phenoxy) is 1. The Balaban J connectivity index is 1.34. The van der Waals surface area contributed by atoms with Gasteiger partial charge in [-0.15, -0.1) is 11.8 Å². The van der Waals surface area contributed by atoms with E-state index in [1.807, 2.05) is 6.07 Å². The SMILES string of the molecule is COc1ccc2nccc([C@@H](F)CCC3CCN(CCSc4cccc(C(F)(F)F)c4)CC3CCC(=O)O)c2c1. The highest BCUT2D eigenvalue weighted by molar-refractivity contribution is 7.99. The van der Waals surface area contributed by atoms with Crippen molar-refractivity contribution in [2.75, 3.05) is 32.5 Å². The van der Waals surface area contributed by atoms with E-state index < -0.39 is 23.9 Å². The molecule has 1 aromatic heterocycles. The molecule has 2 unspecified atom stereocenters. The lowest BCUT2D eigenvalue weighted by Gasteiger charge is -2.39. The molecule has 5 nitrogen and oxygen atoms in total. The van der Waals surface area contributed by atoms with Crippen molar-refractivity contribution in [3.63, 3.8) is 0 Å². The van der Waals surface area contributed by atoms with Crippen molar-refractivity contribution >= 4 is 28.6 Å². The third kappa shape index (κ3) is 8.10. The number of rotatable bonds is 12. The van der Waals surface area contributed by atoms with Gasteiger partial charge < -0.3 is 14.7 Å². The Bertz CT molecular complexity index is 1290. The summed E-state index contributed by atoms with van der Waals surface area (Å²) in [5, 5.41) is 10.0. The zero-order valence-corrected chi connectivity index (χ0v) is 23.2. The van der Waals surface area contributed by atoms with Crippen molar-refractivity contribution < 1.29 is 32.2 Å². The monoisotopic (exact) mass is 578 g/mol. The van der Waals surface area contributed by atoms with Crippen LogP contribution in [-0.4, -0.2) is 53.5 Å². The van der Waals surface area contributed by atoms with Crippen LogP contribution in [0.3, 0.4) is 0 Å². The van der Waals surface area contributed by atoms with Crippen molar-refractivity contribution in [1.82, 2.24) is 9.88 Å². The fourth-order valence-electron chi connectivity index (χ4n) is 5.49. The van der Waals surface area contributed by atoms with Crippen LogP contribution in [0, 0.1) is 11.8 Å². The lowest BCUT2D eigenvalue weighted by molar-refractivity contribution is -0.138. The van der Waals surface area contributed by atoms with E-state index in [9.17, 15) is 23.1 Å².